The van der Waals surface area contributed by atoms with Crippen LogP contribution in [0.2, 0.25) is 0 Å². The highest BCUT2D eigenvalue weighted by Gasteiger charge is 2.23. The molecule has 1 unspecified atom stereocenters. The third-order valence-electron chi connectivity index (χ3n) is 1.95. The molecule has 1 saturated heterocycles. The first kappa shape index (κ1) is 10.1. The van der Waals surface area contributed by atoms with Gasteiger partial charge in [-0.1, -0.05) is 6.92 Å². The Balaban J connectivity index is 2.47. The quantitative estimate of drug-likeness (QED) is 0.387. The molecule has 1 aliphatic heterocycles. The number of nitrogens with two attached hydrogens (primary N) is 1. The third-order valence-corrected chi connectivity index (χ3v) is 1.95. The molecule has 74 valence electrons. The number of hydrogen-bond donors (Lipinski definition) is 1. The monoisotopic (exact) mass is 185 g/mol. The molecule has 0 bridgehead atoms. The average Bonchev–Trinajstić information content (AvgIpc) is 2.88. The Bertz CT molecular complexity index is 231. The van der Waals surface area contributed by atoms with E-state index in [1.54, 1.807) is 6.92 Å². The van der Waals surface area contributed by atoms with Crippen LogP contribution in [0.25, 0.3) is 0 Å². The number of allylic oxidation sites excluding steroid dienone is 1. The van der Waals surface area contributed by atoms with Crippen LogP contribution >= 0.6 is 0 Å². The van der Waals surface area contributed by atoms with Crippen molar-refractivity contribution in [2.75, 3.05) is 13.2 Å². The Morgan fingerprint density at radius 1 is 1.69 bits per heavy atom. The first-order valence-electron chi connectivity index (χ1n) is 4.39. The number of carbonyl (C=O) groups is 1. The molecule has 0 aliphatic carbocycles. The van der Waals surface area contributed by atoms with Crippen molar-refractivity contribution in [3.63, 3.8) is 0 Å². The summed E-state index contributed by atoms with van der Waals surface area (Å²) in [5.41, 5.74) is 5.63. The second-order valence-corrected chi connectivity index (χ2v) is 3.03. The predicted molar refractivity (Wildman–Crippen MR) is 47.9 cm³/mol. The van der Waals surface area contributed by atoms with E-state index in [2.05, 4.69) is 0 Å². The summed E-state index contributed by atoms with van der Waals surface area (Å²) in [7, 11) is 0. The van der Waals surface area contributed by atoms with Crippen molar-refractivity contribution in [3.05, 3.63) is 11.3 Å². The Morgan fingerprint density at radius 2 is 2.31 bits per heavy atom. The highest BCUT2D eigenvalue weighted by Crippen LogP contribution is 2.15. The molecule has 4 heteroatoms. The smallest absolute Gasteiger partial charge is 0.247 e. The van der Waals surface area contributed by atoms with Gasteiger partial charge in [0.15, 0.2) is 0 Å². The fourth-order valence-corrected chi connectivity index (χ4v) is 0.971. The largest absolute Gasteiger partial charge is 0.495 e. The van der Waals surface area contributed by atoms with Gasteiger partial charge < -0.3 is 15.2 Å². The first-order chi connectivity index (χ1) is 6.15. The van der Waals surface area contributed by atoms with Crippen molar-refractivity contribution in [1.82, 2.24) is 0 Å². The zero-order chi connectivity index (χ0) is 9.84. The van der Waals surface area contributed by atoms with E-state index in [9.17, 15) is 4.79 Å². The molecule has 0 radical (unpaired) electrons. The summed E-state index contributed by atoms with van der Waals surface area (Å²) in [4.78, 5) is 10.8. The maximum atomic E-state index is 10.8. The van der Waals surface area contributed by atoms with Crippen LogP contribution in [-0.4, -0.2) is 25.2 Å². The summed E-state index contributed by atoms with van der Waals surface area (Å²) in [6, 6.07) is 0. The molecule has 2 N–H and O–H groups in total. The van der Waals surface area contributed by atoms with Crippen molar-refractivity contribution in [1.29, 1.82) is 0 Å². The predicted octanol–water partition coefficient (Wildman–Crippen LogP) is 0.571. The Hall–Kier alpha value is -1.03. The maximum Gasteiger partial charge on any atom is 0.247 e. The molecule has 0 saturated carbocycles. The molecule has 0 aromatic rings. The van der Waals surface area contributed by atoms with E-state index < -0.39 is 5.91 Å². The van der Waals surface area contributed by atoms with Crippen LogP contribution in [0.1, 0.15) is 20.3 Å². The zero-order valence-corrected chi connectivity index (χ0v) is 8.00. The lowest BCUT2D eigenvalue weighted by atomic mass is 10.2. The molecule has 0 spiro atoms. The highest BCUT2D eigenvalue weighted by molar-refractivity contribution is 5.91. The Morgan fingerprint density at radius 3 is 2.69 bits per heavy atom. The standard InChI is InChI=1S/C9H15NO3/c1-3-8(6(2)9(10)11)13-5-7-4-12-7/h7H,3-5H2,1-2H3,(H2,10,11)/b8-6+. The fraction of sp³-hybridized carbons (Fsp3) is 0.667. The highest BCUT2D eigenvalue weighted by atomic mass is 16.6. The van der Waals surface area contributed by atoms with E-state index in [1.165, 1.54) is 0 Å². The number of amides is 1. The van der Waals surface area contributed by atoms with Crippen LogP contribution in [0, 0.1) is 0 Å². The molecule has 13 heavy (non-hydrogen) atoms. The molecular formula is C9H15NO3. The van der Waals surface area contributed by atoms with Gasteiger partial charge in [-0.05, 0) is 6.92 Å². The first-order valence-corrected chi connectivity index (χ1v) is 4.39. The van der Waals surface area contributed by atoms with Crippen molar-refractivity contribution < 1.29 is 14.3 Å². The molecule has 1 heterocycles. The van der Waals surface area contributed by atoms with Crippen molar-refractivity contribution in [3.8, 4) is 0 Å². The van der Waals surface area contributed by atoms with Crippen LogP contribution < -0.4 is 5.73 Å². The zero-order valence-electron chi connectivity index (χ0n) is 8.00. The second kappa shape index (κ2) is 4.28. The molecule has 1 fully saturated rings. The van der Waals surface area contributed by atoms with Gasteiger partial charge >= 0.3 is 0 Å². The van der Waals surface area contributed by atoms with Crippen molar-refractivity contribution in [2.45, 2.75) is 26.4 Å². The number of ether oxygens (including phenoxy) is 2. The van der Waals surface area contributed by atoms with Gasteiger partial charge in [0.05, 0.1) is 12.2 Å². The van der Waals surface area contributed by atoms with Crippen molar-refractivity contribution >= 4 is 5.91 Å². The maximum absolute atomic E-state index is 10.8. The van der Waals surface area contributed by atoms with Crippen molar-refractivity contribution in [2.24, 2.45) is 5.73 Å². The summed E-state index contributed by atoms with van der Waals surface area (Å²) in [5, 5.41) is 0. The Labute approximate surface area is 77.7 Å². The van der Waals surface area contributed by atoms with E-state index in [0.29, 0.717) is 24.4 Å². The topological polar surface area (TPSA) is 64.8 Å². The van der Waals surface area contributed by atoms with Gasteiger partial charge in [-0.15, -0.1) is 0 Å². The van der Waals surface area contributed by atoms with Crippen LogP contribution in [0.5, 0.6) is 0 Å². The summed E-state index contributed by atoms with van der Waals surface area (Å²) in [6.07, 6.45) is 0.892. The normalized spacial score (nSPS) is 22.2. The van der Waals surface area contributed by atoms with Gasteiger partial charge in [0, 0.05) is 6.42 Å². The molecule has 4 nitrogen and oxygen atoms in total. The number of hydrogen-bond acceptors (Lipinski definition) is 3. The van der Waals surface area contributed by atoms with E-state index >= 15 is 0 Å². The lowest BCUT2D eigenvalue weighted by molar-refractivity contribution is -0.114. The van der Waals surface area contributed by atoms with Gasteiger partial charge in [-0.3, -0.25) is 4.79 Å². The van der Waals surface area contributed by atoms with Gasteiger partial charge in [0.2, 0.25) is 5.91 Å². The van der Waals surface area contributed by atoms with Crippen LogP contribution in [0.3, 0.4) is 0 Å². The van der Waals surface area contributed by atoms with E-state index in [4.69, 9.17) is 15.2 Å². The minimum atomic E-state index is -0.423. The molecule has 1 aliphatic rings. The van der Waals surface area contributed by atoms with Gasteiger partial charge in [-0.2, -0.15) is 0 Å². The van der Waals surface area contributed by atoms with Crippen LogP contribution in [0.4, 0.5) is 0 Å². The number of carbonyl (C=O) groups excluding carboxylic acids is 1. The lowest BCUT2D eigenvalue weighted by Crippen LogP contribution is -2.15. The molecule has 0 aromatic carbocycles. The minimum absolute atomic E-state index is 0.210. The second-order valence-electron chi connectivity index (χ2n) is 3.03. The fourth-order valence-electron chi connectivity index (χ4n) is 0.971. The average molecular weight is 185 g/mol. The van der Waals surface area contributed by atoms with Gasteiger partial charge in [0.25, 0.3) is 0 Å². The Kier molecular flexibility index (Phi) is 3.31. The number of epoxide rings is 1. The summed E-state index contributed by atoms with van der Waals surface area (Å²) in [6.45, 7) is 4.88. The summed E-state index contributed by atoms with van der Waals surface area (Å²) >= 11 is 0. The molecule has 1 amide bonds. The van der Waals surface area contributed by atoms with Gasteiger partial charge in [-0.25, -0.2) is 0 Å². The third kappa shape index (κ3) is 3.06. The summed E-state index contributed by atoms with van der Waals surface area (Å²) in [5.74, 6) is 0.247. The molecule has 0 aromatic heterocycles. The van der Waals surface area contributed by atoms with E-state index in [-0.39, 0.29) is 6.10 Å². The molecular weight excluding hydrogens is 170 g/mol. The summed E-state index contributed by atoms with van der Waals surface area (Å²) < 4.78 is 10.4. The van der Waals surface area contributed by atoms with E-state index in [0.717, 1.165) is 6.61 Å². The molecule has 1 rings (SSSR count). The van der Waals surface area contributed by atoms with E-state index in [1.807, 2.05) is 6.92 Å². The lowest BCUT2D eigenvalue weighted by Gasteiger charge is -2.09. The van der Waals surface area contributed by atoms with Crippen LogP contribution in [-0.2, 0) is 14.3 Å². The molecule has 1 atom stereocenters. The van der Waals surface area contributed by atoms with Crippen LogP contribution in [0.15, 0.2) is 11.3 Å². The minimum Gasteiger partial charge on any atom is -0.495 e. The number of primary amides is 1. The SMILES string of the molecule is CC/C(OCC1CO1)=C(/C)C(N)=O. The number of rotatable bonds is 5. The van der Waals surface area contributed by atoms with Gasteiger partial charge in [0.1, 0.15) is 18.5 Å².